The summed E-state index contributed by atoms with van der Waals surface area (Å²) in [4.78, 5) is 38.2. The van der Waals surface area contributed by atoms with Crippen LogP contribution < -0.4 is 0 Å². The molecule has 0 N–H and O–H groups in total. The van der Waals surface area contributed by atoms with E-state index in [1.165, 1.54) is 83.5 Å². The van der Waals surface area contributed by atoms with E-state index in [0.717, 1.165) is 122 Å². The van der Waals surface area contributed by atoms with E-state index in [1.54, 1.807) is 6.08 Å². The predicted octanol–water partition coefficient (Wildman–Crippen LogP) is 20.8. The van der Waals surface area contributed by atoms with Crippen LogP contribution in [0.2, 0.25) is 0 Å². The number of unbranched alkanes of at least 4 members (excludes halogenated alkanes) is 19. The number of hydrogen-bond donors (Lipinski definition) is 0. The van der Waals surface area contributed by atoms with Gasteiger partial charge in [0.1, 0.15) is 13.2 Å². The van der Waals surface area contributed by atoms with Crippen molar-refractivity contribution in [2.75, 3.05) is 13.2 Å². The minimum absolute atomic E-state index is 0.0876. The van der Waals surface area contributed by atoms with Crippen molar-refractivity contribution >= 4 is 17.9 Å². The van der Waals surface area contributed by atoms with Crippen molar-refractivity contribution in [3.63, 3.8) is 0 Å². The third-order valence-corrected chi connectivity index (χ3v) is 12.3. The van der Waals surface area contributed by atoms with Crippen LogP contribution in [0.15, 0.2) is 146 Å². The van der Waals surface area contributed by atoms with Crippen LogP contribution in [0.25, 0.3) is 0 Å². The first-order chi connectivity index (χ1) is 37.0. The molecule has 0 aromatic heterocycles. The summed E-state index contributed by atoms with van der Waals surface area (Å²) < 4.78 is 16.8. The van der Waals surface area contributed by atoms with Crippen molar-refractivity contribution in [2.24, 2.45) is 0 Å². The quantitative estimate of drug-likeness (QED) is 0.0261. The number of carbonyl (C=O) groups is 3. The van der Waals surface area contributed by atoms with Crippen molar-refractivity contribution in [3.05, 3.63) is 146 Å². The minimum Gasteiger partial charge on any atom is -0.462 e. The molecule has 0 aliphatic rings. The standard InChI is InChI=1S/C69H110O6/c1-4-7-10-13-16-19-22-25-28-29-30-31-32-33-34-35-36-37-38-39-42-44-47-50-53-56-59-62-68(71)74-65-66(75-69(72)63-60-57-54-51-48-45-41-27-24-21-18-15-12-9-6-3)64-73-67(70)61-58-55-52-49-46-43-40-26-23-20-17-14-11-8-5-2/h7,9-10,12,16-21,25-28,30-31,33-34,40-41,48,51,57,60,66H,4-6,8,11,13-15,22-24,29,32,35-39,42-47,49-50,52-56,58-59,61-65H2,1-3H3/b10-7-,12-9-,19-16-,20-17-,21-18-,28-25-,31-30-,34-33-,40-26-,41-27-,51-48-,60-57-. The molecule has 0 heterocycles. The van der Waals surface area contributed by atoms with Gasteiger partial charge in [0.25, 0.3) is 0 Å². The van der Waals surface area contributed by atoms with E-state index in [2.05, 4.69) is 154 Å². The summed E-state index contributed by atoms with van der Waals surface area (Å²) in [5.74, 6) is -1.08. The Morgan fingerprint density at radius 1 is 0.293 bits per heavy atom. The van der Waals surface area contributed by atoms with Crippen LogP contribution >= 0.6 is 0 Å². The van der Waals surface area contributed by atoms with Crippen LogP contribution in [0.1, 0.15) is 252 Å². The zero-order valence-corrected chi connectivity index (χ0v) is 48.3. The molecule has 0 spiro atoms. The topological polar surface area (TPSA) is 78.9 Å². The second-order valence-electron chi connectivity index (χ2n) is 19.5. The van der Waals surface area contributed by atoms with E-state index in [1.807, 2.05) is 6.08 Å². The van der Waals surface area contributed by atoms with E-state index in [0.29, 0.717) is 19.3 Å². The Kier molecular flexibility index (Phi) is 58.0. The Labute approximate surface area is 461 Å². The van der Waals surface area contributed by atoms with Gasteiger partial charge in [-0.15, -0.1) is 0 Å². The van der Waals surface area contributed by atoms with E-state index < -0.39 is 12.1 Å². The lowest BCUT2D eigenvalue weighted by molar-refractivity contribution is -0.166. The van der Waals surface area contributed by atoms with Gasteiger partial charge in [-0.2, -0.15) is 0 Å². The van der Waals surface area contributed by atoms with Crippen molar-refractivity contribution in [1.82, 2.24) is 0 Å². The lowest BCUT2D eigenvalue weighted by Gasteiger charge is -2.18. The zero-order chi connectivity index (χ0) is 54.3. The Hall–Kier alpha value is -4.71. The second-order valence-corrected chi connectivity index (χ2v) is 19.5. The fourth-order valence-corrected chi connectivity index (χ4v) is 7.87. The maximum Gasteiger partial charge on any atom is 0.310 e. The maximum atomic E-state index is 12.8. The van der Waals surface area contributed by atoms with Gasteiger partial charge in [0.15, 0.2) is 6.10 Å². The Morgan fingerprint density at radius 3 is 0.880 bits per heavy atom. The van der Waals surface area contributed by atoms with E-state index in [-0.39, 0.29) is 31.6 Å². The number of hydrogen-bond acceptors (Lipinski definition) is 6. The molecule has 6 heteroatoms. The van der Waals surface area contributed by atoms with Gasteiger partial charge in [0.2, 0.25) is 0 Å². The van der Waals surface area contributed by atoms with Crippen molar-refractivity contribution in [2.45, 2.75) is 258 Å². The first-order valence-corrected chi connectivity index (χ1v) is 30.3. The summed E-state index contributed by atoms with van der Waals surface area (Å²) in [5.41, 5.74) is 0. The van der Waals surface area contributed by atoms with Gasteiger partial charge < -0.3 is 14.2 Å². The predicted molar refractivity (Wildman–Crippen MR) is 325 cm³/mol. The van der Waals surface area contributed by atoms with Gasteiger partial charge in [-0.3, -0.25) is 14.4 Å². The molecular weight excluding hydrogens is 925 g/mol. The molecule has 422 valence electrons. The third kappa shape index (κ3) is 60.0. The van der Waals surface area contributed by atoms with Crippen LogP contribution in [0.5, 0.6) is 0 Å². The highest BCUT2D eigenvalue weighted by atomic mass is 16.6. The molecule has 0 aliphatic heterocycles. The summed E-state index contributed by atoms with van der Waals surface area (Å²) in [6.45, 7) is 6.28. The zero-order valence-electron chi connectivity index (χ0n) is 48.3. The highest BCUT2D eigenvalue weighted by molar-refractivity contribution is 5.72. The summed E-state index contributed by atoms with van der Waals surface area (Å²) in [5, 5.41) is 0. The number of allylic oxidation sites excluding steroid dienone is 23. The number of ether oxygens (including phenoxy) is 3. The van der Waals surface area contributed by atoms with Gasteiger partial charge in [-0.05, 0) is 122 Å². The molecule has 0 saturated carbocycles. The molecule has 0 aromatic rings. The monoisotopic (exact) mass is 1030 g/mol. The number of esters is 3. The average molecular weight is 1040 g/mol. The Bertz CT molecular complexity index is 1660. The average Bonchev–Trinajstić information content (AvgIpc) is 3.41. The highest BCUT2D eigenvalue weighted by Gasteiger charge is 2.19. The van der Waals surface area contributed by atoms with Crippen LogP contribution in [-0.4, -0.2) is 37.2 Å². The van der Waals surface area contributed by atoms with Gasteiger partial charge in [-0.25, -0.2) is 0 Å². The first kappa shape index (κ1) is 70.3. The first-order valence-electron chi connectivity index (χ1n) is 30.3. The fourth-order valence-electron chi connectivity index (χ4n) is 7.87. The molecule has 0 radical (unpaired) electrons. The SMILES string of the molecule is CC/C=C\C/C=C\C/C=C\C/C=C\C/C=C\CCCCCCCCCCCCCC(=O)OCC(COC(=O)CCCCCCC/C=C\C/C=C\CCCCC)OC(=O)C/C=C\C/C=C\C/C=C\C/C=C\C/C=C\CC. The van der Waals surface area contributed by atoms with Crippen LogP contribution in [0, 0.1) is 0 Å². The summed E-state index contributed by atoms with van der Waals surface area (Å²) >= 11 is 0. The van der Waals surface area contributed by atoms with Crippen LogP contribution in [-0.2, 0) is 28.6 Å². The molecule has 0 aliphatic carbocycles. The van der Waals surface area contributed by atoms with E-state index >= 15 is 0 Å². The van der Waals surface area contributed by atoms with E-state index in [9.17, 15) is 14.4 Å². The van der Waals surface area contributed by atoms with Crippen LogP contribution in [0.4, 0.5) is 0 Å². The Balaban J connectivity index is 4.41. The van der Waals surface area contributed by atoms with Gasteiger partial charge in [-0.1, -0.05) is 256 Å². The second kappa shape index (κ2) is 61.8. The molecule has 0 aromatic carbocycles. The Morgan fingerprint density at radius 2 is 0.560 bits per heavy atom. The lowest BCUT2D eigenvalue weighted by Crippen LogP contribution is -2.30. The summed E-state index contributed by atoms with van der Waals surface area (Å²) in [6.07, 6.45) is 88.7. The normalized spacial score (nSPS) is 13.2. The smallest absolute Gasteiger partial charge is 0.310 e. The van der Waals surface area contributed by atoms with Crippen LogP contribution in [0.3, 0.4) is 0 Å². The van der Waals surface area contributed by atoms with Gasteiger partial charge in [0, 0.05) is 12.8 Å². The van der Waals surface area contributed by atoms with E-state index in [4.69, 9.17) is 14.2 Å². The third-order valence-electron chi connectivity index (χ3n) is 12.3. The van der Waals surface area contributed by atoms with Crippen molar-refractivity contribution in [1.29, 1.82) is 0 Å². The molecule has 75 heavy (non-hydrogen) atoms. The molecule has 1 unspecified atom stereocenters. The molecule has 0 fully saturated rings. The molecule has 0 bridgehead atoms. The van der Waals surface area contributed by atoms with Crippen molar-refractivity contribution < 1.29 is 28.6 Å². The highest BCUT2D eigenvalue weighted by Crippen LogP contribution is 2.14. The largest absolute Gasteiger partial charge is 0.462 e. The molecule has 1 atom stereocenters. The van der Waals surface area contributed by atoms with Gasteiger partial charge in [0.05, 0.1) is 6.42 Å². The molecule has 0 rings (SSSR count). The van der Waals surface area contributed by atoms with Gasteiger partial charge >= 0.3 is 17.9 Å². The fraction of sp³-hybridized carbons (Fsp3) is 0.609. The lowest BCUT2D eigenvalue weighted by atomic mass is 10.0. The summed E-state index contributed by atoms with van der Waals surface area (Å²) in [6, 6.07) is 0. The molecular formula is C69H110O6. The van der Waals surface area contributed by atoms with Crippen molar-refractivity contribution in [3.8, 4) is 0 Å². The molecule has 6 nitrogen and oxygen atoms in total. The molecule has 0 amide bonds. The summed E-state index contributed by atoms with van der Waals surface area (Å²) in [7, 11) is 0. The molecule has 0 saturated heterocycles. The maximum absolute atomic E-state index is 12.8. The minimum atomic E-state index is -0.846. The number of rotatable bonds is 53. The number of carbonyl (C=O) groups excluding carboxylic acids is 3.